The van der Waals surface area contributed by atoms with Gasteiger partial charge in [-0.2, -0.15) is 4.98 Å². The molecule has 114 valence electrons. The Bertz CT molecular complexity index is 651. The lowest BCUT2D eigenvalue weighted by Crippen LogP contribution is -2.17. The van der Waals surface area contributed by atoms with Gasteiger partial charge in [-0.3, -0.25) is 0 Å². The third kappa shape index (κ3) is 4.64. The first-order chi connectivity index (χ1) is 9.78. The zero-order valence-corrected chi connectivity index (χ0v) is 13.8. The van der Waals surface area contributed by atoms with Crippen molar-refractivity contribution in [2.45, 2.75) is 12.2 Å². The molecule has 1 aromatic heterocycles. The van der Waals surface area contributed by atoms with Crippen LogP contribution < -0.4 is 9.47 Å². The fraction of sp³-hybridized carbons (Fsp3) is 0.182. The van der Waals surface area contributed by atoms with Gasteiger partial charge in [0.05, 0.1) is 15.2 Å². The number of nitrogens with zero attached hydrogens (tertiary/aromatic N) is 1. The number of aromatic nitrogens is 1. The van der Waals surface area contributed by atoms with Crippen LogP contribution in [0.4, 0.5) is 13.2 Å². The van der Waals surface area contributed by atoms with E-state index in [1.54, 1.807) is 0 Å². The molecular weight excluding hydrogens is 418 g/mol. The van der Waals surface area contributed by atoms with E-state index in [1.807, 2.05) is 0 Å². The summed E-state index contributed by atoms with van der Waals surface area (Å²) in [6, 6.07) is 3.78. The van der Waals surface area contributed by atoms with Crippen molar-refractivity contribution in [2.24, 2.45) is 0 Å². The molecule has 0 saturated heterocycles. The van der Waals surface area contributed by atoms with E-state index in [0.717, 1.165) is 17.4 Å². The molecule has 3 nitrogen and oxygen atoms in total. The van der Waals surface area contributed by atoms with E-state index >= 15 is 0 Å². The van der Waals surface area contributed by atoms with Crippen LogP contribution in [0.25, 0.3) is 0 Å². The summed E-state index contributed by atoms with van der Waals surface area (Å²) in [4.78, 5) is 4.58. The van der Waals surface area contributed by atoms with Crippen LogP contribution in [-0.2, 0) is 5.88 Å². The molecule has 0 amide bonds. The normalized spacial score (nSPS) is 11.5. The molecule has 1 aromatic carbocycles. The van der Waals surface area contributed by atoms with Gasteiger partial charge in [0, 0.05) is 0 Å². The Labute approximate surface area is 139 Å². The van der Waals surface area contributed by atoms with Crippen molar-refractivity contribution in [3.8, 4) is 16.7 Å². The van der Waals surface area contributed by atoms with Crippen LogP contribution in [-0.4, -0.2) is 11.3 Å². The molecular formula is C11H5BrCl2F3NO2S. The topological polar surface area (TPSA) is 31.4 Å². The van der Waals surface area contributed by atoms with Gasteiger partial charge in [0.15, 0.2) is 0 Å². The summed E-state index contributed by atoms with van der Waals surface area (Å²) in [5.74, 6) is 0.110. The van der Waals surface area contributed by atoms with Gasteiger partial charge in [0.1, 0.15) is 16.7 Å². The monoisotopic (exact) mass is 421 g/mol. The molecule has 0 bridgehead atoms. The molecule has 0 aliphatic heterocycles. The van der Waals surface area contributed by atoms with E-state index in [-0.39, 0.29) is 32.2 Å². The van der Waals surface area contributed by atoms with Crippen LogP contribution in [0.2, 0.25) is 5.15 Å². The lowest BCUT2D eigenvalue weighted by atomic mass is 10.3. The number of thiazole rings is 1. The molecule has 1 heterocycles. The predicted octanol–water partition coefficient (Wildman–Crippen LogP) is 5.99. The minimum absolute atomic E-state index is 0.0949. The lowest BCUT2D eigenvalue weighted by molar-refractivity contribution is -0.274. The minimum Gasteiger partial charge on any atom is -0.431 e. The SMILES string of the molecule is FC(F)(F)Oc1ccc(Oc2nc(Cl)c(CCl)s2)cc1Br. The molecule has 0 saturated carbocycles. The van der Waals surface area contributed by atoms with Crippen molar-refractivity contribution in [3.63, 3.8) is 0 Å². The maximum absolute atomic E-state index is 12.1. The zero-order chi connectivity index (χ0) is 15.6. The van der Waals surface area contributed by atoms with Gasteiger partial charge in [-0.1, -0.05) is 22.9 Å². The van der Waals surface area contributed by atoms with Crippen molar-refractivity contribution >= 4 is 50.5 Å². The molecule has 2 aromatic rings. The molecule has 10 heteroatoms. The van der Waals surface area contributed by atoms with Crippen LogP contribution in [0.5, 0.6) is 16.7 Å². The van der Waals surface area contributed by atoms with E-state index in [2.05, 4.69) is 25.7 Å². The van der Waals surface area contributed by atoms with Crippen molar-refractivity contribution in [1.82, 2.24) is 4.98 Å². The highest BCUT2D eigenvalue weighted by Crippen LogP contribution is 2.37. The van der Waals surface area contributed by atoms with Crippen LogP contribution >= 0.6 is 50.5 Å². The van der Waals surface area contributed by atoms with Gasteiger partial charge in [-0.25, -0.2) is 0 Å². The Morgan fingerprint density at radius 2 is 2.05 bits per heavy atom. The average molecular weight is 423 g/mol. The molecule has 0 fully saturated rings. The smallest absolute Gasteiger partial charge is 0.431 e. The van der Waals surface area contributed by atoms with E-state index < -0.39 is 6.36 Å². The third-order valence-corrected chi connectivity index (χ3v) is 4.49. The summed E-state index contributed by atoms with van der Waals surface area (Å²) >= 11 is 15.6. The summed E-state index contributed by atoms with van der Waals surface area (Å²) in [5, 5.41) is 0.480. The first kappa shape index (κ1) is 16.7. The van der Waals surface area contributed by atoms with E-state index in [4.69, 9.17) is 27.9 Å². The fourth-order valence-corrected chi connectivity index (χ4v) is 3.07. The summed E-state index contributed by atoms with van der Waals surface area (Å²) in [6.07, 6.45) is -4.76. The second-order valence-corrected chi connectivity index (χ2v) is 6.10. The standard InChI is InChI=1S/C11H5BrCl2F3NO2S/c12-6-3-5(1-2-7(6)20-11(15,16)17)19-10-18-9(14)8(4-13)21-10/h1-3H,4H2. The molecule has 0 spiro atoms. The van der Waals surface area contributed by atoms with Gasteiger partial charge in [-0.15, -0.1) is 24.8 Å². The van der Waals surface area contributed by atoms with Gasteiger partial charge in [-0.05, 0) is 34.1 Å². The number of hydrogen-bond donors (Lipinski definition) is 0. The summed E-state index contributed by atoms with van der Waals surface area (Å²) < 4.78 is 45.8. The average Bonchev–Trinajstić information content (AvgIpc) is 2.71. The second-order valence-electron chi connectivity index (χ2n) is 3.57. The van der Waals surface area contributed by atoms with Crippen LogP contribution in [0.1, 0.15) is 4.88 Å². The highest BCUT2D eigenvalue weighted by Gasteiger charge is 2.32. The lowest BCUT2D eigenvalue weighted by Gasteiger charge is -2.11. The summed E-state index contributed by atoms with van der Waals surface area (Å²) in [6.45, 7) is 0. The summed E-state index contributed by atoms with van der Waals surface area (Å²) in [7, 11) is 0. The third-order valence-electron chi connectivity index (χ3n) is 2.09. The number of hydrogen-bond acceptors (Lipinski definition) is 4. The van der Waals surface area contributed by atoms with Crippen molar-refractivity contribution in [1.29, 1.82) is 0 Å². The first-order valence-corrected chi connectivity index (χ1v) is 7.75. The van der Waals surface area contributed by atoms with Gasteiger partial charge >= 0.3 is 6.36 Å². The number of benzene rings is 1. The fourth-order valence-electron chi connectivity index (χ4n) is 1.29. The molecule has 0 aliphatic carbocycles. The number of alkyl halides is 4. The Morgan fingerprint density at radius 1 is 1.33 bits per heavy atom. The van der Waals surface area contributed by atoms with E-state index in [1.165, 1.54) is 12.1 Å². The summed E-state index contributed by atoms with van der Waals surface area (Å²) in [5.41, 5.74) is 0. The highest BCUT2D eigenvalue weighted by atomic mass is 79.9. The zero-order valence-electron chi connectivity index (χ0n) is 9.88. The number of ether oxygens (including phenoxy) is 2. The minimum atomic E-state index is -4.76. The van der Waals surface area contributed by atoms with E-state index in [9.17, 15) is 13.2 Å². The largest absolute Gasteiger partial charge is 0.573 e. The van der Waals surface area contributed by atoms with Crippen molar-refractivity contribution < 1.29 is 22.6 Å². The highest BCUT2D eigenvalue weighted by molar-refractivity contribution is 9.10. The van der Waals surface area contributed by atoms with Crippen molar-refractivity contribution in [2.75, 3.05) is 0 Å². The molecule has 0 N–H and O–H groups in total. The van der Waals surface area contributed by atoms with Gasteiger partial charge in [0.25, 0.3) is 5.19 Å². The molecule has 2 rings (SSSR count). The molecule has 0 aliphatic rings. The maximum Gasteiger partial charge on any atom is 0.573 e. The van der Waals surface area contributed by atoms with Crippen molar-refractivity contribution in [3.05, 3.63) is 32.7 Å². The Kier molecular flexibility index (Phi) is 5.24. The Hall–Kier alpha value is -0.700. The van der Waals surface area contributed by atoms with Crippen LogP contribution in [0, 0.1) is 0 Å². The van der Waals surface area contributed by atoms with Crippen LogP contribution in [0.15, 0.2) is 22.7 Å². The van der Waals surface area contributed by atoms with E-state index in [0.29, 0.717) is 4.88 Å². The van der Waals surface area contributed by atoms with Gasteiger partial charge in [0.2, 0.25) is 0 Å². The second kappa shape index (κ2) is 6.60. The first-order valence-electron chi connectivity index (χ1n) is 5.23. The Morgan fingerprint density at radius 3 is 2.57 bits per heavy atom. The predicted molar refractivity (Wildman–Crippen MR) is 77.6 cm³/mol. The molecule has 21 heavy (non-hydrogen) atoms. The molecule has 0 radical (unpaired) electrons. The number of rotatable bonds is 4. The quantitative estimate of drug-likeness (QED) is 0.567. The molecule has 0 atom stereocenters. The number of halogens is 6. The Balaban J connectivity index is 2.16. The van der Waals surface area contributed by atoms with Crippen LogP contribution in [0.3, 0.4) is 0 Å². The van der Waals surface area contributed by atoms with Gasteiger partial charge < -0.3 is 9.47 Å². The maximum atomic E-state index is 12.1. The molecule has 0 unspecified atom stereocenters.